The van der Waals surface area contributed by atoms with Gasteiger partial charge in [-0.05, 0) is 0 Å². The van der Waals surface area contributed by atoms with Crippen molar-refractivity contribution in [2.24, 2.45) is 0 Å². The van der Waals surface area contributed by atoms with Gasteiger partial charge in [0.2, 0.25) is 0 Å². The van der Waals surface area contributed by atoms with Gasteiger partial charge in [-0.1, -0.05) is 0 Å². The molecule has 0 bridgehead atoms. The first kappa shape index (κ1) is 16.6. The first-order valence-electron chi connectivity index (χ1n) is 0.783. The molecule has 0 saturated heterocycles. The molecule has 0 atom stereocenters. The van der Waals surface area contributed by atoms with Gasteiger partial charge in [0.25, 0.3) is 0 Å². The molecule has 0 aromatic carbocycles. The molecule has 36 valence electrons. The Kier molecular flexibility index (Phi) is 17.2. The zero-order valence-corrected chi connectivity index (χ0v) is 4.75. The third-order valence-electron chi connectivity index (χ3n) is 0. The molecule has 0 heterocycles. The second-order valence-electron chi connectivity index (χ2n) is 0.513. The molecule has 0 aliphatic carbocycles. The molecule has 0 aromatic heterocycles. The summed E-state index contributed by atoms with van der Waals surface area (Å²) in [6.45, 7) is 0. The van der Waals surface area contributed by atoms with Crippen LogP contribution in [-0.4, -0.2) is 111 Å². The van der Waals surface area contributed by atoms with Crippen molar-refractivity contribution in [2.45, 2.75) is 0 Å². The molecule has 0 amide bonds. The summed E-state index contributed by atoms with van der Waals surface area (Å²) in [7, 11) is 0. The summed E-state index contributed by atoms with van der Waals surface area (Å²) in [6.07, 6.45) is 0. The Hall–Kier alpha value is 3.13. The molecule has 0 rings (SSSR count). The Morgan fingerprint density at radius 2 is 1.14 bits per heavy atom. The Labute approximate surface area is 111 Å². The predicted octanol–water partition coefficient (Wildman–Crippen LogP) is -3.47. The average Bonchev–Trinajstić information content (AvgIpc) is 0.722. The third-order valence-corrected chi connectivity index (χ3v) is 0. The molecule has 0 radical (unpaired) electrons. The number of rotatable bonds is 0. The molecule has 0 spiro atoms. The van der Waals surface area contributed by atoms with Crippen LogP contribution in [0.2, 0.25) is 0 Å². The van der Waals surface area contributed by atoms with Crippen LogP contribution in [0.1, 0.15) is 0 Å². The van der Waals surface area contributed by atoms with Crippen LogP contribution in [-0.2, 0) is 3.02 Å². The van der Waals surface area contributed by atoms with Gasteiger partial charge in [0.1, 0.15) is 0 Å². The van der Waals surface area contributed by atoms with Crippen molar-refractivity contribution < 1.29 is 13.2 Å². The summed E-state index contributed by atoms with van der Waals surface area (Å²) < 4.78 is 30.8. The minimum absolute atomic E-state index is 0. The summed E-state index contributed by atoms with van der Waals surface area (Å²) in [5, 5.41) is 0. The van der Waals surface area contributed by atoms with Crippen LogP contribution in [0.5, 0.6) is 0 Å². The topological polar surface area (TPSA) is 77.8 Å². The van der Waals surface area contributed by atoms with E-state index in [1.54, 1.807) is 0 Å². The SMILES string of the molecule is [KH].[NaH].[O]=[Sb]([OH])([OH])[OH]. The van der Waals surface area contributed by atoms with Crippen LogP contribution in [0.4, 0.5) is 0 Å². The van der Waals surface area contributed by atoms with Gasteiger partial charge in [0.15, 0.2) is 0 Å². The molecule has 7 heavy (non-hydrogen) atoms. The first-order chi connectivity index (χ1) is 2.00. The minimum atomic E-state index is -5.35. The third kappa shape index (κ3) is 47.3. The molecular formula is H5KNaO4Sb. The van der Waals surface area contributed by atoms with Gasteiger partial charge >= 0.3 is 114 Å². The van der Waals surface area contributed by atoms with Crippen molar-refractivity contribution >= 4 is 101 Å². The van der Waals surface area contributed by atoms with E-state index in [1.165, 1.54) is 0 Å². The zero-order chi connectivity index (χ0) is 4.50. The molecule has 7 heteroatoms. The van der Waals surface area contributed by atoms with Crippen LogP contribution in [0.3, 0.4) is 0 Å². The Balaban J connectivity index is -0.0000000800. The van der Waals surface area contributed by atoms with Crippen molar-refractivity contribution in [1.82, 2.24) is 0 Å². The van der Waals surface area contributed by atoms with E-state index in [9.17, 15) is 0 Å². The summed E-state index contributed by atoms with van der Waals surface area (Å²) in [5.41, 5.74) is 0. The number of hydrogen-bond donors (Lipinski definition) is 3. The fourth-order valence-corrected chi connectivity index (χ4v) is 0. The van der Waals surface area contributed by atoms with Crippen LogP contribution >= 0.6 is 0 Å². The normalized spacial score (nSPS) is 8.43. The predicted molar refractivity (Wildman–Crippen MR) is 27.4 cm³/mol. The molecule has 0 fully saturated rings. The van der Waals surface area contributed by atoms with Gasteiger partial charge in [0.05, 0.1) is 0 Å². The zero-order valence-electron chi connectivity index (χ0n) is 2.20. The summed E-state index contributed by atoms with van der Waals surface area (Å²) in [6, 6.07) is 0. The standard InChI is InChI=1S/K.Na.3H2O.O.Sb.2H/h;;3*1H2;;;;/q;;;;;;+3;;/p-3. The second-order valence-corrected chi connectivity index (χ2v) is 3.44. The van der Waals surface area contributed by atoms with Crippen molar-refractivity contribution in [1.29, 1.82) is 0 Å². The van der Waals surface area contributed by atoms with Crippen molar-refractivity contribution in [2.75, 3.05) is 0 Å². The van der Waals surface area contributed by atoms with Gasteiger partial charge in [0, 0.05) is 0 Å². The van der Waals surface area contributed by atoms with Crippen molar-refractivity contribution in [3.63, 3.8) is 0 Å². The van der Waals surface area contributed by atoms with E-state index in [4.69, 9.17) is 13.2 Å². The molecule has 0 aliphatic heterocycles. The maximum atomic E-state index is 8.97. The van der Waals surface area contributed by atoms with Gasteiger partial charge < -0.3 is 0 Å². The molecule has 0 unspecified atom stereocenters. The van der Waals surface area contributed by atoms with Crippen molar-refractivity contribution in [3.8, 4) is 0 Å². The maximum absolute atomic E-state index is 8.97. The Morgan fingerprint density at radius 1 is 1.14 bits per heavy atom. The van der Waals surface area contributed by atoms with Crippen LogP contribution in [0, 0.1) is 0 Å². The van der Waals surface area contributed by atoms with E-state index < -0.39 is 20.1 Å². The molecule has 0 saturated carbocycles. The Morgan fingerprint density at radius 3 is 1.14 bits per heavy atom. The van der Waals surface area contributed by atoms with Crippen LogP contribution < -0.4 is 0 Å². The molecular weight excluding hydrogens is 248 g/mol. The Bertz CT molecular complexity index is 57.8. The van der Waals surface area contributed by atoms with Crippen LogP contribution in [0.15, 0.2) is 0 Å². The molecule has 4 nitrogen and oxygen atoms in total. The number of hydrogen-bond acceptors (Lipinski definition) is 1. The van der Waals surface area contributed by atoms with Gasteiger partial charge in [-0.25, -0.2) is 0 Å². The second kappa shape index (κ2) is 7.24. The molecule has 0 aliphatic rings. The summed E-state index contributed by atoms with van der Waals surface area (Å²) in [5.74, 6) is 0. The van der Waals surface area contributed by atoms with E-state index in [-0.39, 0.29) is 80.9 Å². The van der Waals surface area contributed by atoms with E-state index in [0.29, 0.717) is 0 Å². The van der Waals surface area contributed by atoms with E-state index in [0.717, 1.165) is 0 Å². The van der Waals surface area contributed by atoms with Gasteiger partial charge in [-0.15, -0.1) is 0 Å². The van der Waals surface area contributed by atoms with Crippen molar-refractivity contribution in [3.05, 3.63) is 0 Å². The summed E-state index contributed by atoms with van der Waals surface area (Å²) in [4.78, 5) is 0. The van der Waals surface area contributed by atoms with Gasteiger partial charge in [-0.3, -0.25) is 0 Å². The molecule has 3 N–H and O–H groups in total. The quantitative estimate of drug-likeness (QED) is 0.392. The van der Waals surface area contributed by atoms with Gasteiger partial charge in [-0.2, -0.15) is 0 Å². The van der Waals surface area contributed by atoms with E-state index in [1.807, 2.05) is 0 Å². The summed E-state index contributed by atoms with van der Waals surface area (Å²) >= 11 is -5.35. The molecule has 0 aromatic rings. The fraction of sp³-hybridized carbons (Fsp3) is 0. The van der Waals surface area contributed by atoms with E-state index >= 15 is 0 Å². The average molecular weight is 253 g/mol. The van der Waals surface area contributed by atoms with E-state index in [2.05, 4.69) is 0 Å². The monoisotopic (exact) mass is 252 g/mol. The fourth-order valence-electron chi connectivity index (χ4n) is 0. The van der Waals surface area contributed by atoms with Crippen LogP contribution in [0.25, 0.3) is 0 Å². The first-order valence-corrected chi connectivity index (χ1v) is 5.25.